The molecule has 98 valence electrons. The van der Waals surface area contributed by atoms with Gasteiger partial charge in [0.05, 0.1) is 18.2 Å². The fourth-order valence-electron chi connectivity index (χ4n) is 1.38. The van der Waals surface area contributed by atoms with Gasteiger partial charge < -0.3 is 9.64 Å². The first-order valence-electron chi connectivity index (χ1n) is 5.39. The van der Waals surface area contributed by atoms with Crippen molar-refractivity contribution in [1.82, 2.24) is 20.1 Å². The van der Waals surface area contributed by atoms with Gasteiger partial charge in [0.2, 0.25) is 17.8 Å². The highest BCUT2D eigenvalue weighted by Gasteiger charge is 2.23. The van der Waals surface area contributed by atoms with E-state index in [-0.39, 0.29) is 30.3 Å². The lowest BCUT2D eigenvalue weighted by atomic mass is 10.5. The molecule has 1 aliphatic heterocycles. The van der Waals surface area contributed by atoms with Gasteiger partial charge in [-0.1, -0.05) is 0 Å². The second kappa shape index (κ2) is 5.71. The maximum Gasteiger partial charge on any atom is 0.337 e. The molecule has 2 heterocycles. The fraction of sp³-hybridized carbons (Fsp3) is 0.556. The normalized spacial score (nSPS) is 14.9. The molecule has 1 saturated heterocycles. The summed E-state index contributed by atoms with van der Waals surface area (Å²) in [7, 11) is 0. The van der Waals surface area contributed by atoms with Crippen LogP contribution in [0.15, 0.2) is 0 Å². The quantitative estimate of drug-likeness (QED) is 0.761. The Morgan fingerprint density at radius 3 is 3.17 bits per heavy atom. The minimum atomic E-state index is -0.315. The lowest BCUT2D eigenvalue weighted by Crippen LogP contribution is -2.34. The van der Waals surface area contributed by atoms with E-state index in [2.05, 4.69) is 20.5 Å². The Bertz CT molecular complexity index is 449. The summed E-state index contributed by atoms with van der Waals surface area (Å²) in [5.41, 5.74) is 0. The van der Waals surface area contributed by atoms with Gasteiger partial charge in [0.1, 0.15) is 6.54 Å². The molecule has 8 nitrogen and oxygen atoms in total. The maximum absolute atomic E-state index is 11.6. The number of hydrogen-bond acceptors (Lipinski definition) is 6. The number of hydrogen-bond donors (Lipinski definition) is 2. The molecule has 1 aromatic heterocycles. The van der Waals surface area contributed by atoms with Gasteiger partial charge >= 0.3 is 6.01 Å². The molecule has 1 aliphatic rings. The van der Waals surface area contributed by atoms with Crippen molar-refractivity contribution in [1.29, 1.82) is 0 Å². The van der Waals surface area contributed by atoms with Crippen LogP contribution in [0.1, 0.15) is 6.92 Å². The van der Waals surface area contributed by atoms with Gasteiger partial charge in [0, 0.05) is 0 Å². The van der Waals surface area contributed by atoms with Crippen molar-refractivity contribution in [2.75, 3.05) is 30.1 Å². The van der Waals surface area contributed by atoms with E-state index in [9.17, 15) is 9.59 Å². The first-order valence-corrected chi connectivity index (χ1v) is 6.55. The average Bonchev–Trinajstić information content (AvgIpc) is 2.90. The molecule has 2 rings (SSSR count). The van der Waals surface area contributed by atoms with Crippen molar-refractivity contribution in [2.24, 2.45) is 0 Å². The smallest absolute Gasteiger partial charge is 0.337 e. The lowest BCUT2D eigenvalue weighted by molar-refractivity contribution is -0.130. The summed E-state index contributed by atoms with van der Waals surface area (Å²) in [5, 5.41) is 8.80. The molecule has 0 radical (unpaired) electrons. The van der Waals surface area contributed by atoms with E-state index in [1.165, 1.54) is 16.7 Å². The highest BCUT2D eigenvalue weighted by atomic mass is 32.2. The van der Waals surface area contributed by atoms with Gasteiger partial charge in [-0.05, 0) is 6.92 Å². The van der Waals surface area contributed by atoms with Crippen molar-refractivity contribution in [3.05, 3.63) is 0 Å². The van der Waals surface area contributed by atoms with Gasteiger partial charge in [-0.2, -0.15) is 4.98 Å². The molecule has 0 aromatic carbocycles. The zero-order chi connectivity index (χ0) is 13.0. The topological polar surface area (TPSA) is 100 Å². The van der Waals surface area contributed by atoms with Crippen molar-refractivity contribution in [3.63, 3.8) is 0 Å². The fourth-order valence-corrected chi connectivity index (χ4v) is 2.29. The minimum Gasteiger partial charge on any atom is -0.463 e. The second-order valence-electron chi connectivity index (χ2n) is 3.52. The first-order chi connectivity index (χ1) is 8.69. The van der Waals surface area contributed by atoms with Crippen LogP contribution in [0.4, 0.5) is 5.95 Å². The van der Waals surface area contributed by atoms with Crippen LogP contribution >= 0.6 is 11.8 Å². The molecule has 2 N–H and O–H groups in total. The number of ether oxygens (including phenoxy) is 1. The number of rotatable bonds is 5. The van der Waals surface area contributed by atoms with Crippen LogP contribution in [0.25, 0.3) is 0 Å². The Morgan fingerprint density at radius 1 is 1.67 bits per heavy atom. The molecule has 2 amide bonds. The van der Waals surface area contributed by atoms with Crippen LogP contribution in [0.2, 0.25) is 0 Å². The first kappa shape index (κ1) is 12.7. The van der Waals surface area contributed by atoms with E-state index in [0.29, 0.717) is 18.2 Å². The Hall–Kier alpha value is -1.77. The summed E-state index contributed by atoms with van der Waals surface area (Å²) in [6.07, 6.45) is 0. The molecular weight excluding hydrogens is 258 g/mol. The molecule has 1 fully saturated rings. The Morgan fingerprint density at radius 2 is 2.50 bits per heavy atom. The molecule has 1 aromatic rings. The van der Waals surface area contributed by atoms with Gasteiger partial charge in [-0.3, -0.25) is 14.9 Å². The third-order valence-electron chi connectivity index (χ3n) is 2.16. The monoisotopic (exact) mass is 271 g/mol. The standard InChI is InChI=1S/C9H13N5O3S/c1-2-17-9-11-8(12-13-9)10-6(15)3-14-5-18-4-7(14)16/h2-5H2,1H3,(H2,10,11,12,13,15). The molecule has 0 atom stereocenters. The summed E-state index contributed by atoms with van der Waals surface area (Å²) >= 11 is 1.49. The van der Waals surface area contributed by atoms with Crippen LogP contribution in [0.5, 0.6) is 6.01 Å². The largest absolute Gasteiger partial charge is 0.463 e. The zero-order valence-electron chi connectivity index (χ0n) is 9.80. The van der Waals surface area contributed by atoms with Gasteiger partial charge in [0.25, 0.3) is 0 Å². The second-order valence-corrected chi connectivity index (χ2v) is 4.47. The molecule has 0 unspecified atom stereocenters. The van der Waals surface area contributed by atoms with E-state index < -0.39 is 0 Å². The Labute approximate surface area is 107 Å². The van der Waals surface area contributed by atoms with Gasteiger partial charge in [0.15, 0.2) is 0 Å². The van der Waals surface area contributed by atoms with E-state index >= 15 is 0 Å². The van der Waals surface area contributed by atoms with Crippen molar-refractivity contribution in [2.45, 2.75) is 6.92 Å². The van der Waals surface area contributed by atoms with E-state index in [1.807, 2.05) is 6.92 Å². The third-order valence-corrected chi connectivity index (χ3v) is 3.10. The summed E-state index contributed by atoms with van der Waals surface area (Å²) in [5.74, 6) is 0.854. The minimum absolute atomic E-state index is 0.0243. The SMILES string of the molecule is CCOc1n[nH]c(NC(=O)CN2CSCC2=O)n1. The number of nitrogens with zero attached hydrogens (tertiary/aromatic N) is 3. The van der Waals surface area contributed by atoms with Crippen LogP contribution in [0.3, 0.4) is 0 Å². The number of H-pyrrole nitrogens is 1. The lowest BCUT2D eigenvalue weighted by Gasteiger charge is -2.12. The molecule has 0 aliphatic carbocycles. The summed E-state index contributed by atoms with van der Waals surface area (Å²) < 4.78 is 5.05. The van der Waals surface area contributed by atoms with Crippen LogP contribution in [-0.4, -0.2) is 56.7 Å². The number of anilines is 1. The molecule has 9 heteroatoms. The maximum atomic E-state index is 11.6. The molecule has 0 spiro atoms. The van der Waals surface area contributed by atoms with E-state index in [1.54, 1.807) is 0 Å². The predicted octanol–water partition coefficient (Wildman–Crippen LogP) is -0.325. The molecule has 18 heavy (non-hydrogen) atoms. The predicted molar refractivity (Wildman–Crippen MR) is 65.2 cm³/mol. The van der Waals surface area contributed by atoms with Crippen molar-refractivity contribution < 1.29 is 14.3 Å². The number of aromatic nitrogens is 3. The number of amides is 2. The summed E-state index contributed by atoms with van der Waals surface area (Å²) in [6, 6.07) is 0.181. The highest BCUT2D eigenvalue weighted by molar-refractivity contribution is 8.00. The van der Waals surface area contributed by atoms with Gasteiger partial charge in [-0.25, -0.2) is 5.10 Å². The van der Waals surface area contributed by atoms with Gasteiger partial charge in [-0.15, -0.1) is 16.9 Å². The number of nitrogens with one attached hydrogen (secondary N) is 2. The number of aromatic amines is 1. The van der Waals surface area contributed by atoms with E-state index in [0.717, 1.165) is 0 Å². The third kappa shape index (κ3) is 3.13. The Kier molecular flexibility index (Phi) is 4.03. The van der Waals surface area contributed by atoms with E-state index in [4.69, 9.17) is 4.74 Å². The van der Waals surface area contributed by atoms with Crippen molar-refractivity contribution in [3.8, 4) is 6.01 Å². The molecular formula is C9H13N5O3S. The highest BCUT2D eigenvalue weighted by Crippen LogP contribution is 2.14. The Balaban J connectivity index is 1.84. The van der Waals surface area contributed by atoms with Crippen LogP contribution in [0, 0.1) is 0 Å². The van der Waals surface area contributed by atoms with Crippen LogP contribution in [-0.2, 0) is 9.59 Å². The zero-order valence-corrected chi connectivity index (χ0v) is 10.6. The average molecular weight is 271 g/mol. The number of carbonyl (C=O) groups is 2. The summed E-state index contributed by atoms with van der Waals surface area (Å²) in [4.78, 5) is 28.3. The van der Waals surface area contributed by atoms with Crippen molar-refractivity contribution >= 4 is 29.5 Å². The van der Waals surface area contributed by atoms with Crippen LogP contribution < -0.4 is 10.1 Å². The molecule has 0 bridgehead atoms. The number of carbonyl (C=O) groups excluding carboxylic acids is 2. The number of thioether (sulfide) groups is 1. The summed E-state index contributed by atoms with van der Waals surface area (Å²) in [6.45, 7) is 2.28. The molecule has 0 saturated carbocycles.